The number of hydrogen-bond acceptors (Lipinski definition) is 3. The van der Waals surface area contributed by atoms with E-state index in [0.717, 1.165) is 6.07 Å². The summed E-state index contributed by atoms with van der Waals surface area (Å²) in [5, 5.41) is 8.89. The molecule has 92 valence electrons. The molecular weight excluding hydrogens is 242 g/mol. The van der Waals surface area contributed by atoms with Crippen LogP contribution in [-0.4, -0.2) is 16.1 Å². The van der Waals surface area contributed by atoms with Gasteiger partial charge in [0.2, 0.25) is 0 Å². The molecule has 0 aliphatic rings. The van der Waals surface area contributed by atoms with Gasteiger partial charge in [-0.1, -0.05) is 6.07 Å². The summed E-state index contributed by atoms with van der Waals surface area (Å²) in [6.45, 7) is 0. The zero-order valence-electron chi connectivity index (χ0n) is 9.02. The average molecular weight is 250 g/mol. The summed E-state index contributed by atoms with van der Waals surface area (Å²) in [7, 11) is 0. The van der Waals surface area contributed by atoms with Crippen LogP contribution in [0.3, 0.4) is 0 Å². The normalized spacial score (nSPS) is 10.3. The van der Waals surface area contributed by atoms with E-state index in [4.69, 9.17) is 10.8 Å². The molecule has 1 aromatic carbocycles. The largest absolute Gasteiger partial charge is 0.478 e. The number of halogens is 2. The lowest BCUT2D eigenvalue weighted by Gasteiger charge is -2.08. The molecule has 2 aromatic rings. The highest BCUT2D eigenvalue weighted by Gasteiger charge is 2.17. The number of pyridine rings is 1. The molecule has 0 fully saturated rings. The minimum absolute atomic E-state index is 0.0908. The van der Waals surface area contributed by atoms with E-state index in [1.807, 2.05) is 0 Å². The van der Waals surface area contributed by atoms with Crippen LogP contribution in [0, 0.1) is 11.6 Å². The highest BCUT2D eigenvalue weighted by molar-refractivity contribution is 5.97. The van der Waals surface area contributed by atoms with E-state index >= 15 is 0 Å². The smallest absolute Gasteiger partial charge is 0.337 e. The van der Waals surface area contributed by atoms with Crippen LogP contribution in [0.1, 0.15) is 10.4 Å². The fourth-order valence-electron chi connectivity index (χ4n) is 1.56. The van der Waals surface area contributed by atoms with E-state index in [1.54, 1.807) is 0 Å². The number of nitrogens with two attached hydrogens (primary N) is 1. The van der Waals surface area contributed by atoms with Crippen molar-refractivity contribution in [2.24, 2.45) is 0 Å². The lowest BCUT2D eigenvalue weighted by atomic mass is 10.1. The second-order valence-corrected chi connectivity index (χ2v) is 3.53. The summed E-state index contributed by atoms with van der Waals surface area (Å²) < 4.78 is 26.7. The second-order valence-electron chi connectivity index (χ2n) is 3.53. The zero-order valence-corrected chi connectivity index (χ0v) is 9.02. The SMILES string of the molecule is Nc1c(C(=O)O)ccnc1-c1cccc(F)c1F. The Morgan fingerprint density at radius 3 is 2.67 bits per heavy atom. The van der Waals surface area contributed by atoms with Gasteiger partial charge in [-0.3, -0.25) is 4.98 Å². The quantitative estimate of drug-likeness (QED) is 0.857. The molecular formula is C12H8F2N2O2. The minimum atomic E-state index is -1.26. The maximum Gasteiger partial charge on any atom is 0.337 e. The van der Waals surface area contributed by atoms with Crippen molar-refractivity contribution in [2.75, 3.05) is 5.73 Å². The molecule has 0 aliphatic carbocycles. The Labute approximate surface area is 101 Å². The molecule has 1 heterocycles. The molecule has 2 rings (SSSR count). The van der Waals surface area contributed by atoms with Gasteiger partial charge in [0.05, 0.1) is 16.9 Å². The van der Waals surface area contributed by atoms with Crippen LogP contribution >= 0.6 is 0 Å². The number of hydrogen-bond donors (Lipinski definition) is 2. The van der Waals surface area contributed by atoms with Crippen LogP contribution in [0.15, 0.2) is 30.5 Å². The van der Waals surface area contributed by atoms with E-state index in [1.165, 1.54) is 24.4 Å². The molecule has 18 heavy (non-hydrogen) atoms. The van der Waals surface area contributed by atoms with E-state index in [9.17, 15) is 13.6 Å². The maximum atomic E-state index is 13.6. The van der Waals surface area contributed by atoms with Crippen molar-refractivity contribution >= 4 is 11.7 Å². The van der Waals surface area contributed by atoms with Gasteiger partial charge in [0.15, 0.2) is 11.6 Å². The van der Waals surface area contributed by atoms with Crippen LogP contribution in [0.25, 0.3) is 11.3 Å². The monoisotopic (exact) mass is 250 g/mol. The third-order valence-corrected chi connectivity index (χ3v) is 2.43. The fraction of sp³-hybridized carbons (Fsp3) is 0. The third-order valence-electron chi connectivity index (χ3n) is 2.43. The van der Waals surface area contributed by atoms with Crippen molar-refractivity contribution in [3.63, 3.8) is 0 Å². The summed E-state index contributed by atoms with van der Waals surface area (Å²) in [4.78, 5) is 14.7. The lowest BCUT2D eigenvalue weighted by molar-refractivity contribution is 0.0698. The molecule has 0 saturated carbocycles. The van der Waals surface area contributed by atoms with Crippen LogP contribution in [-0.2, 0) is 0 Å². The van der Waals surface area contributed by atoms with Gasteiger partial charge in [0.25, 0.3) is 0 Å². The first kappa shape index (κ1) is 12.0. The van der Waals surface area contributed by atoms with Crippen molar-refractivity contribution in [1.82, 2.24) is 4.98 Å². The third kappa shape index (κ3) is 1.88. The van der Waals surface area contributed by atoms with Gasteiger partial charge in [0.1, 0.15) is 0 Å². The molecule has 0 unspecified atom stereocenters. The molecule has 4 nitrogen and oxygen atoms in total. The number of carbonyl (C=O) groups is 1. The molecule has 0 atom stereocenters. The van der Waals surface area contributed by atoms with E-state index in [2.05, 4.69) is 4.98 Å². The predicted octanol–water partition coefficient (Wildman–Crippen LogP) is 2.31. The Balaban J connectivity index is 2.69. The minimum Gasteiger partial charge on any atom is -0.478 e. The second kappa shape index (κ2) is 4.40. The number of anilines is 1. The number of nitrogen functional groups attached to an aromatic ring is 1. The van der Waals surface area contributed by atoms with Crippen molar-refractivity contribution in [3.8, 4) is 11.3 Å². The predicted molar refractivity (Wildman–Crippen MR) is 61.0 cm³/mol. The van der Waals surface area contributed by atoms with Crippen LogP contribution < -0.4 is 5.73 Å². The van der Waals surface area contributed by atoms with Gasteiger partial charge in [0, 0.05) is 11.8 Å². The molecule has 0 amide bonds. The Morgan fingerprint density at radius 1 is 1.28 bits per heavy atom. The Morgan fingerprint density at radius 2 is 2.00 bits per heavy atom. The zero-order chi connectivity index (χ0) is 13.3. The molecule has 3 N–H and O–H groups in total. The number of nitrogens with zero attached hydrogens (tertiary/aromatic N) is 1. The van der Waals surface area contributed by atoms with Crippen molar-refractivity contribution < 1.29 is 18.7 Å². The van der Waals surface area contributed by atoms with Crippen LogP contribution in [0.2, 0.25) is 0 Å². The molecule has 0 aliphatic heterocycles. The maximum absolute atomic E-state index is 13.6. The number of carboxylic acids is 1. The van der Waals surface area contributed by atoms with Gasteiger partial charge in [-0.15, -0.1) is 0 Å². The molecule has 6 heteroatoms. The van der Waals surface area contributed by atoms with E-state index in [0.29, 0.717) is 0 Å². The van der Waals surface area contributed by atoms with Gasteiger partial charge < -0.3 is 10.8 Å². The molecule has 1 aromatic heterocycles. The number of aromatic nitrogens is 1. The molecule has 0 radical (unpaired) electrons. The standard InChI is InChI=1S/C12H8F2N2O2/c13-8-3-1-2-6(9(8)14)11-10(15)7(12(17)18)4-5-16-11/h1-5H,15H2,(H,17,18). The number of aromatic carboxylic acids is 1. The summed E-state index contributed by atoms with van der Waals surface area (Å²) in [6, 6.07) is 4.72. The molecule has 0 bridgehead atoms. The van der Waals surface area contributed by atoms with Gasteiger partial charge in [-0.05, 0) is 18.2 Å². The Hall–Kier alpha value is -2.50. The topological polar surface area (TPSA) is 76.2 Å². The number of benzene rings is 1. The first-order valence-electron chi connectivity index (χ1n) is 4.94. The number of carboxylic acid groups (broad SMARTS) is 1. The Bertz CT molecular complexity index is 629. The van der Waals surface area contributed by atoms with Crippen LogP contribution in [0.5, 0.6) is 0 Å². The number of rotatable bonds is 2. The average Bonchev–Trinajstić information content (AvgIpc) is 2.33. The highest BCUT2D eigenvalue weighted by Crippen LogP contribution is 2.29. The summed E-state index contributed by atoms with van der Waals surface area (Å²) in [5.41, 5.74) is 4.94. The first-order valence-corrected chi connectivity index (χ1v) is 4.94. The fourth-order valence-corrected chi connectivity index (χ4v) is 1.56. The van der Waals surface area contributed by atoms with Crippen molar-refractivity contribution in [1.29, 1.82) is 0 Å². The van der Waals surface area contributed by atoms with Gasteiger partial charge >= 0.3 is 5.97 Å². The van der Waals surface area contributed by atoms with Crippen molar-refractivity contribution in [2.45, 2.75) is 0 Å². The molecule has 0 saturated heterocycles. The Kier molecular flexibility index (Phi) is 2.93. The van der Waals surface area contributed by atoms with Gasteiger partial charge in [-0.25, -0.2) is 13.6 Å². The molecule has 0 spiro atoms. The summed E-state index contributed by atoms with van der Waals surface area (Å²) >= 11 is 0. The van der Waals surface area contributed by atoms with E-state index < -0.39 is 17.6 Å². The summed E-state index contributed by atoms with van der Waals surface area (Å²) in [6.07, 6.45) is 1.18. The van der Waals surface area contributed by atoms with Gasteiger partial charge in [-0.2, -0.15) is 0 Å². The highest BCUT2D eigenvalue weighted by atomic mass is 19.2. The first-order chi connectivity index (χ1) is 8.52. The summed E-state index contributed by atoms with van der Waals surface area (Å²) in [5.74, 6) is -3.42. The van der Waals surface area contributed by atoms with Crippen LogP contribution in [0.4, 0.5) is 14.5 Å². The lowest BCUT2D eigenvalue weighted by Crippen LogP contribution is -2.06. The van der Waals surface area contributed by atoms with Crippen molar-refractivity contribution in [3.05, 3.63) is 47.7 Å². The van der Waals surface area contributed by atoms with E-state index in [-0.39, 0.29) is 22.5 Å².